The van der Waals surface area contributed by atoms with Crippen molar-refractivity contribution in [2.75, 3.05) is 6.26 Å². The van der Waals surface area contributed by atoms with Gasteiger partial charge in [0.2, 0.25) is 0 Å². The number of hydrogen-bond donors (Lipinski definition) is 0. The van der Waals surface area contributed by atoms with Crippen molar-refractivity contribution in [3.8, 4) is 0 Å². The van der Waals surface area contributed by atoms with Gasteiger partial charge in [-0.05, 0) is 41.6 Å². The first-order valence-corrected chi connectivity index (χ1v) is 7.62. The topological polar surface area (TPSA) is 0 Å². The average Bonchev–Trinajstić information content (AvgIpc) is 2.46. The van der Waals surface area contributed by atoms with Crippen molar-refractivity contribution in [3.05, 3.63) is 76.8 Å². The van der Waals surface area contributed by atoms with Gasteiger partial charge in [0.15, 0.2) is 0 Å². The lowest BCUT2D eigenvalue weighted by atomic mass is 10.2. The molecule has 0 unspecified atom stereocenters. The standard InChI is InChI=1S/C17H15ClS/c1-19-17-12-8-15(9-13-17)5-3-2-4-14-6-10-16(18)11-7-14/h2-13H,1H3/b4-2+,5-3+. The lowest BCUT2D eigenvalue weighted by molar-refractivity contribution is 1.45. The summed E-state index contributed by atoms with van der Waals surface area (Å²) < 4.78 is 0. The molecule has 19 heavy (non-hydrogen) atoms. The molecular formula is C17H15ClS. The molecule has 0 aliphatic heterocycles. The Morgan fingerprint density at radius 1 is 0.789 bits per heavy atom. The largest absolute Gasteiger partial charge is 0.130 e. The summed E-state index contributed by atoms with van der Waals surface area (Å²) >= 11 is 7.59. The second-order valence-electron chi connectivity index (χ2n) is 4.04. The van der Waals surface area contributed by atoms with Crippen molar-refractivity contribution in [3.63, 3.8) is 0 Å². The highest BCUT2D eigenvalue weighted by atomic mass is 35.5. The fourth-order valence-electron chi connectivity index (χ4n) is 1.62. The molecule has 0 N–H and O–H groups in total. The molecule has 2 rings (SSSR count). The van der Waals surface area contributed by atoms with Crippen LogP contribution in [0.2, 0.25) is 5.02 Å². The van der Waals surface area contributed by atoms with Gasteiger partial charge in [-0.3, -0.25) is 0 Å². The first-order valence-electron chi connectivity index (χ1n) is 6.02. The normalized spacial score (nSPS) is 11.5. The summed E-state index contributed by atoms with van der Waals surface area (Å²) in [6.45, 7) is 0. The van der Waals surface area contributed by atoms with Gasteiger partial charge in [-0.1, -0.05) is 60.2 Å². The molecule has 0 aromatic heterocycles. The zero-order valence-electron chi connectivity index (χ0n) is 10.7. The second-order valence-corrected chi connectivity index (χ2v) is 5.36. The number of benzene rings is 2. The fourth-order valence-corrected chi connectivity index (χ4v) is 2.16. The van der Waals surface area contributed by atoms with Gasteiger partial charge in [0.25, 0.3) is 0 Å². The zero-order chi connectivity index (χ0) is 13.5. The van der Waals surface area contributed by atoms with Crippen molar-refractivity contribution < 1.29 is 0 Å². The molecule has 2 heteroatoms. The predicted molar refractivity (Wildman–Crippen MR) is 87.7 cm³/mol. The summed E-state index contributed by atoms with van der Waals surface area (Å²) in [5.41, 5.74) is 2.35. The van der Waals surface area contributed by atoms with E-state index in [0.29, 0.717) is 0 Å². The molecule has 0 spiro atoms. The van der Waals surface area contributed by atoms with Gasteiger partial charge in [-0.2, -0.15) is 0 Å². The number of allylic oxidation sites excluding steroid dienone is 2. The summed E-state index contributed by atoms with van der Waals surface area (Å²) in [7, 11) is 0. The number of thioether (sulfide) groups is 1. The van der Waals surface area contributed by atoms with Crippen molar-refractivity contribution in [2.45, 2.75) is 4.90 Å². The average molecular weight is 287 g/mol. The Hall–Kier alpha value is -1.44. The van der Waals surface area contributed by atoms with Crippen LogP contribution in [-0.4, -0.2) is 6.26 Å². The lowest BCUT2D eigenvalue weighted by Gasteiger charge is -1.96. The Morgan fingerprint density at radius 3 is 1.74 bits per heavy atom. The summed E-state index contributed by atoms with van der Waals surface area (Å²) in [6, 6.07) is 16.3. The Balaban J connectivity index is 1.96. The molecule has 0 atom stereocenters. The molecule has 0 saturated heterocycles. The maximum atomic E-state index is 5.84. The van der Waals surface area contributed by atoms with Crippen LogP contribution in [0.15, 0.2) is 65.6 Å². The van der Waals surface area contributed by atoms with Crippen LogP contribution in [0, 0.1) is 0 Å². The third-order valence-corrected chi connectivity index (χ3v) is 3.67. The first-order chi connectivity index (χ1) is 9.28. The molecule has 2 aromatic rings. The minimum absolute atomic E-state index is 0.765. The molecule has 0 bridgehead atoms. The summed E-state index contributed by atoms with van der Waals surface area (Å²) in [6.07, 6.45) is 10.3. The third kappa shape index (κ3) is 4.62. The minimum atomic E-state index is 0.765. The third-order valence-electron chi connectivity index (χ3n) is 2.67. The fraction of sp³-hybridized carbons (Fsp3) is 0.0588. The smallest absolute Gasteiger partial charge is 0.0406 e. The van der Waals surface area contributed by atoms with Crippen LogP contribution in [0.4, 0.5) is 0 Å². The molecule has 0 radical (unpaired) electrons. The molecule has 0 aliphatic rings. The molecule has 2 aromatic carbocycles. The molecule has 0 aliphatic carbocycles. The van der Waals surface area contributed by atoms with E-state index in [-0.39, 0.29) is 0 Å². The van der Waals surface area contributed by atoms with E-state index >= 15 is 0 Å². The Morgan fingerprint density at radius 2 is 1.26 bits per heavy atom. The van der Waals surface area contributed by atoms with Crippen LogP contribution in [0.5, 0.6) is 0 Å². The van der Waals surface area contributed by atoms with Crippen LogP contribution in [-0.2, 0) is 0 Å². The van der Waals surface area contributed by atoms with Crippen molar-refractivity contribution in [1.82, 2.24) is 0 Å². The van der Waals surface area contributed by atoms with Gasteiger partial charge in [0, 0.05) is 9.92 Å². The monoisotopic (exact) mass is 286 g/mol. The summed E-state index contributed by atoms with van der Waals surface area (Å²) in [5, 5.41) is 0.765. The van der Waals surface area contributed by atoms with Crippen molar-refractivity contribution >= 4 is 35.5 Å². The number of hydrogen-bond acceptors (Lipinski definition) is 1. The number of halogens is 1. The Labute approximate surface area is 123 Å². The quantitative estimate of drug-likeness (QED) is 0.506. The molecule has 0 nitrogen and oxygen atoms in total. The van der Waals surface area contributed by atoms with Crippen LogP contribution in [0.25, 0.3) is 12.2 Å². The minimum Gasteiger partial charge on any atom is -0.130 e. The zero-order valence-corrected chi connectivity index (χ0v) is 12.3. The molecule has 0 saturated carbocycles. The van der Waals surface area contributed by atoms with Crippen molar-refractivity contribution in [1.29, 1.82) is 0 Å². The van der Waals surface area contributed by atoms with E-state index in [0.717, 1.165) is 10.6 Å². The second kappa shape index (κ2) is 7.22. The predicted octanol–water partition coefficient (Wildman–Crippen LogP) is 5.79. The summed E-state index contributed by atoms with van der Waals surface area (Å²) in [5.74, 6) is 0. The van der Waals surface area contributed by atoms with E-state index in [1.54, 1.807) is 11.8 Å². The highest BCUT2D eigenvalue weighted by Crippen LogP contribution is 2.15. The van der Waals surface area contributed by atoms with Gasteiger partial charge >= 0.3 is 0 Å². The molecule has 0 fully saturated rings. The van der Waals surface area contributed by atoms with Gasteiger partial charge in [0.1, 0.15) is 0 Å². The van der Waals surface area contributed by atoms with E-state index in [4.69, 9.17) is 11.6 Å². The van der Waals surface area contributed by atoms with E-state index in [9.17, 15) is 0 Å². The highest BCUT2D eigenvalue weighted by molar-refractivity contribution is 7.98. The van der Waals surface area contributed by atoms with Gasteiger partial charge < -0.3 is 0 Å². The highest BCUT2D eigenvalue weighted by Gasteiger charge is 1.89. The molecule has 0 heterocycles. The van der Waals surface area contributed by atoms with Gasteiger partial charge in [0.05, 0.1) is 0 Å². The van der Waals surface area contributed by atoms with Crippen LogP contribution in [0.1, 0.15) is 11.1 Å². The van der Waals surface area contributed by atoms with Crippen LogP contribution < -0.4 is 0 Å². The van der Waals surface area contributed by atoms with E-state index < -0.39 is 0 Å². The van der Waals surface area contributed by atoms with Crippen LogP contribution in [0.3, 0.4) is 0 Å². The molecule has 96 valence electrons. The first kappa shape index (κ1) is 14.0. The SMILES string of the molecule is CSc1ccc(/C=C/C=C/c2ccc(Cl)cc2)cc1. The van der Waals surface area contributed by atoms with E-state index in [2.05, 4.69) is 42.7 Å². The molecule has 0 amide bonds. The van der Waals surface area contributed by atoms with Gasteiger partial charge in [-0.15, -0.1) is 11.8 Å². The maximum absolute atomic E-state index is 5.84. The number of rotatable bonds is 4. The van der Waals surface area contributed by atoms with E-state index in [1.807, 2.05) is 36.4 Å². The van der Waals surface area contributed by atoms with Crippen molar-refractivity contribution in [2.24, 2.45) is 0 Å². The molecular weight excluding hydrogens is 272 g/mol. The van der Waals surface area contributed by atoms with Gasteiger partial charge in [-0.25, -0.2) is 0 Å². The summed E-state index contributed by atoms with van der Waals surface area (Å²) in [4.78, 5) is 1.29. The van der Waals surface area contributed by atoms with Crippen LogP contribution >= 0.6 is 23.4 Å². The Kier molecular flexibility index (Phi) is 5.31. The Bertz CT molecular complexity index is 565. The van der Waals surface area contributed by atoms with E-state index in [1.165, 1.54) is 10.5 Å². The lowest BCUT2D eigenvalue weighted by Crippen LogP contribution is -1.72. The maximum Gasteiger partial charge on any atom is 0.0406 e.